The van der Waals surface area contributed by atoms with Crippen LogP contribution in [0.1, 0.15) is 12.8 Å². The second kappa shape index (κ2) is 4.53. The molecule has 76 valence electrons. The van der Waals surface area contributed by atoms with Crippen LogP contribution in [-0.4, -0.2) is 41.9 Å². The first-order chi connectivity index (χ1) is 6.06. The van der Waals surface area contributed by atoms with Crippen molar-refractivity contribution in [1.29, 1.82) is 0 Å². The summed E-state index contributed by atoms with van der Waals surface area (Å²) in [5.74, 6) is 0. The van der Waals surface area contributed by atoms with E-state index in [2.05, 4.69) is 22.5 Å². The Hall–Kier alpha value is 0.0700. The first kappa shape index (κ1) is 11.1. The largest absolute Gasteiger partial charge is 0.393 e. The summed E-state index contributed by atoms with van der Waals surface area (Å²) < 4.78 is 14.5. The fraction of sp³-hybridized carbons (Fsp3) is 0.778. The molecule has 1 heterocycles. The third kappa shape index (κ3) is 3.37. The molecular weight excluding hydrogens is 237 g/mol. The van der Waals surface area contributed by atoms with Crippen molar-refractivity contribution in [1.82, 2.24) is 4.90 Å². The zero-order chi connectivity index (χ0) is 9.90. The average Bonchev–Trinajstić information content (AvgIpc) is 2.03. The van der Waals surface area contributed by atoms with E-state index in [1.165, 1.54) is 0 Å². The molecule has 1 unspecified atom stereocenters. The summed E-state index contributed by atoms with van der Waals surface area (Å²) in [4.78, 5) is 1.97. The molecule has 1 atom stereocenters. The van der Waals surface area contributed by atoms with Crippen molar-refractivity contribution in [2.75, 3.05) is 26.2 Å². The molecule has 0 bridgehead atoms. The lowest BCUT2D eigenvalue weighted by molar-refractivity contribution is 0.00257. The Bertz CT molecular complexity index is 200. The van der Waals surface area contributed by atoms with E-state index in [4.69, 9.17) is 5.11 Å². The van der Waals surface area contributed by atoms with E-state index in [0.717, 1.165) is 17.4 Å². The van der Waals surface area contributed by atoms with E-state index < -0.39 is 5.67 Å². The zero-order valence-corrected chi connectivity index (χ0v) is 9.19. The van der Waals surface area contributed by atoms with Crippen LogP contribution < -0.4 is 0 Å². The third-order valence-electron chi connectivity index (χ3n) is 2.28. The molecule has 13 heavy (non-hydrogen) atoms. The van der Waals surface area contributed by atoms with Crippen molar-refractivity contribution in [3.05, 3.63) is 11.1 Å². The molecule has 1 N–H and O–H groups in total. The summed E-state index contributed by atoms with van der Waals surface area (Å²) >= 11 is 3.25. The van der Waals surface area contributed by atoms with Gasteiger partial charge >= 0.3 is 0 Å². The normalized spacial score (nSPS) is 30.4. The molecule has 1 fully saturated rings. The Balaban J connectivity index is 2.46. The molecule has 0 radical (unpaired) electrons. The summed E-state index contributed by atoms with van der Waals surface area (Å²) in [6, 6.07) is 0. The van der Waals surface area contributed by atoms with Crippen molar-refractivity contribution in [2.45, 2.75) is 18.5 Å². The molecule has 2 nitrogen and oxygen atoms in total. The molecule has 0 saturated carbocycles. The van der Waals surface area contributed by atoms with Gasteiger partial charge in [0.1, 0.15) is 5.67 Å². The molecule has 1 aliphatic heterocycles. The van der Waals surface area contributed by atoms with Gasteiger partial charge in [-0.3, -0.25) is 4.90 Å². The quantitative estimate of drug-likeness (QED) is 0.826. The van der Waals surface area contributed by atoms with Gasteiger partial charge in [0.05, 0.1) is 6.61 Å². The molecule has 0 amide bonds. The number of alkyl halides is 1. The molecule has 0 aromatic rings. The van der Waals surface area contributed by atoms with Gasteiger partial charge in [0, 0.05) is 17.6 Å². The number of rotatable bonds is 3. The molecular formula is C9H15BrFNO. The van der Waals surface area contributed by atoms with Crippen molar-refractivity contribution < 1.29 is 9.50 Å². The third-order valence-corrected chi connectivity index (χ3v) is 2.54. The van der Waals surface area contributed by atoms with Crippen LogP contribution in [0.5, 0.6) is 0 Å². The highest BCUT2D eigenvalue weighted by Crippen LogP contribution is 2.25. The minimum atomic E-state index is -1.40. The Morgan fingerprint density at radius 1 is 1.69 bits per heavy atom. The topological polar surface area (TPSA) is 23.5 Å². The van der Waals surface area contributed by atoms with Crippen LogP contribution in [-0.2, 0) is 0 Å². The van der Waals surface area contributed by atoms with Crippen LogP contribution in [0, 0.1) is 0 Å². The predicted octanol–water partition coefficient (Wildman–Crippen LogP) is 1.69. The molecule has 0 aromatic heterocycles. The first-order valence-corrected chi connectivity index (χ1v) is 5.20. The van der Waals surface area contributed by atoms with Crippen molar-refractivity contribution in [2.24, 2.45) is 0 Å². The molecule has 1 rings (SSSR count). The number of likely N-dealkylation sites (tertiary alicyclic amines) is 1. The highest BCUT2D eigenvalue weighted by Gasteiger charge is 2.34. The number of hydrogen-bond acceptors (Lipinski definition) is 2. The van der Waals surface area contributed by atoms with Gasteiger partial charge in [-0.25, -0.2) is 4.39 Å². The second-order valence-electron chi connectivity index (χ2n) is 3.64. The van der Waals surface area contributed by atoms with E-state index in [9.17, 15) is 4.39 Å². The summed E-state index contributed by atoms with van der Waals surface area (Å²) in [5, 5.41) is 8.87. The number of halogens is 2. The van der Waals surface area contributed by atoms with Gasteiger partial charge in [-0.1, -0.05) is 22.5 Å². The molecule has 4 heteroatoms. The molecule has 1 aliphatic rings. The van der Waals surface area contributed by atoms with Crippen LogP contribution in [0.3, 0.4) is 0 Å². The van der Waals surface area contributed by atoms with Gasteiger partial charge in [0.15, 0.2) is 0 Å². The van der Waals surface area contributed by atoms with Crippen molar-refractivity contribution in [3.8, 4) is 0 Å². The van der Waals surface area contributed by atoms with Gasteiger partial charge in [-0.05, 0) is 19.4 Å². The van der Waals surface area contributed by atoms with Crippen molar-refractivity contribution in [3.63, 3.8) is 0 Å². The number of hydrogen-bond donors (Lipinski definition) is 1. The Labute approximate surface area is 86.6 Å². The molecule has 0 aliphatic carbocycles. The maximum Gasteiger partial charge on any atom is 0.146 e. The van der Waals surface area contributed by atoms with Crippen LogP contribution in [0.2, 0.25) is 0 Å². The Morgan fingerprint density at radius 2 is 2.38 bits per heavy atom. The lowest BCUT2D eigenvalue weighted by Gasteiger charge is -2.36. The molecule has 1 saturated heterocycles. The lowest BCUT2D eigenvalue weighted by atomic mass is 9.96. The maximum absolute atomic E-state index is 13.7. The average molecular weight is 252 g/mol. The van der Waals surface area contributed by atoms with E-state index in [1.807, 2.05) is 4.90 Å². The summed E-state index contributed by atoms with van der Waals surface area (Å²) in [7, 11) is 0. The van der Waals surface area contributed by atoms with Gasteiger partial charge in [-0.15, -0.1) is 0 Å². The number of aliphatic hydroxyl groups excluding tert-OH is 1. The van der Waals surface area contributed by atoms with E-state index in [1.54, 1.807) is 0 Å². The van der Waals surface area contributed by atoms with Crippen LogP contribution in [0.4, 0.5) is 4.39 Å². The van der Waals surface area contributed by atoms with Gasteiger partial charge in [0.2, 0.25) is 0 Å². The zero-order valence-electron chi connectivity index (χ0n) is 7.60. The first-order valence-electron chi connectivity index (χ1n) is 4.41. The summed E-state index contributed by atoms with van der Waals surface area (Å²) in [5.41, 5.74) is -1.40. The van der Waals surface area contributed by atoms with E-state index >= 15 is 0 Å². The standard InChI is InChI=1S/C9H15BrFNO/c1-8(10)5-12-4-2-3-9(11,6-12)7-13/h13H,1-7H2. The van der Waals surface area contributed by atoms with E-state index in [-0.39, 0.29) is 6.61 Å². The highest BCUT2D eigenvalue weighted by atomic mass is 79.9. The second-order valence-corrected chi connectivity index (χ2v) is 4.76. The minimum absolute atomic E-state index is 0.314. The lowest BCUT2D eigenvalue weighted by Crippen LogP contribution is -2.47. The fourth-order valence-corrected chi connectivity index (χ4v) is 2.04. The molecule has 0 spiro atoms. The monoisotopic (exact) mass is 251 g/mol. The summed E-state index contributed by atoms with van der Waals surface area (Å²) in [6.07, 6.45) is 1.27. The van der Waals surface area contributed by atoms with E-state index in [0.29, 0.717) is 19.5 Å². The minimum Gasteiger partial charge on any atom is -0.393 e. The summed E-state index contributed by atoms with van der Waals surface area (Å²) in [6.45, 7) is 5.19. The van der Waals surface area contributed by atoms with Crippen LogP contribution in [0.15, 0.2) is 11.1 Å². The number of piperidine rings is 1. The van der Waals surface area contributed by atoms with Gasteiger partial charge in [-0.2, -0.15) is 0 Å². The van der Waals surface area contributed by atoms with Crippen LogP contribution in [0.25, 0.3) is 0 Å². The highest BCUT2D eigenvalue weighted by molar-refractivity contribution is 9.11. The number of nitrogens with zero attached hydrogens (tertiary/aromatic N) is 1. The van der Waals surface area contributed by atoms with Gasteiger partial charge < -0.3 is 5.11 Å². The predicted molar refractivity (Wildman–Crippen MR) is 54.7 cm³/mol. The Morgan fingerprint density at radius 3 is 2.92 bits per heavy atom. The maximum atomic E-state index is 13.7. The van der Waals surface area contributed by atoms with Crippen LogP contribution >= 0.6 is 15.9 Å². The van der Waals surface area contributed by atoms with Gasteiger partial charge in [0.25, 0.3) is 0 Å². The number of aliphatic hydroxyl groups is 1. The van der Waals surface area contributed by atoms with Crippen molar-refractivity contribution >= 4 is 15.9 Å². The molecule has 0 aromatic carbocycles. The SMILES string of the molecule is C=C(Br)CN1CCCC(F)(CO)C1. The fourth-order valence-electron chi connectivity index (χ4n) is 1.68. The Kier molecular flexibility index (Phi) is 3.88. The smallest absolute Gasteiger partial charge is 0.146 e.